The van der Waals surface area contributed by atoms with Crippen LogP contribution in [0.2, 0.25) is 0 Å². The quantitative estimate of drug-likeness (QED) is 0.819. The first-order valence-corrected chi connectivity index (χ1v) is 10.7. The molecule has 2 aliphatic heterocycles. The van der Waals surface area contributed by atoms with Gasteiger partial charge in [-0.2, -0.15) is 0 Å². The number of para-hydroxylation sites is 1. The Morgan fingerprint density at radius 3 is 2.26 bits per heavy atom. The van der Waals surface area contributed by atoms with Gasteiger partial charge in [0.15, 0.2) is 4.91 Å². The van der Waals surface area contributed by atoms with Gasteiger partial charge in [0.05, 0.1) is 5.69 Å². The minimum Gasteiger partial charge on any atom is -0.338 e. The molecule has 1 saturated heterocycles. The summed E-state index contributed by atoms with van der Waals surface area (Å²) in [6.45, 7) is 3.28. The molecule has 1 amide bonds. The molecular weight excluding hydrogens is 360 g/mol. The second kappa shape index (κ2) is 6.85. The van der Waals surface area contributed by atoms with Gasteiger partial charge in [0.25, 0.3) is 15.9 Å². The van der Waals surface area contributed by atoms with Crippen molar-refractivity contribution in [2.24, 2.45) is 0 Å². The van der Waals surface area contributed by atoms with Crippen LogP contribution in [0.15, 0.2) is 59.5 Å². The number of likely N-dealkylation sites (tertiary alicyclic amines) is 1. The lowest BCUT2D eigenvalue weighted by Gasteiger charge is -2.33. The van der Waals surface area contributed by atoms with Gasteiger partial charge in [-0.25, -0.2) is 8.42 Å². The largest absolute Gasteiger partial charge is 0.338 e. The minimum absolute atomic E-state index is 0.101. The predicted molar refractivity (Wildman–Crippen MR) is 107 cm³/mol. The zero-order valence-corrected chi connectivity index (χ0v) is 16.1. The molecule has 2 aliphatic rings. The second-order valence-electron chi connectivity index (χ2n) is 6.76. The third-order valence-corrected chi connectivity index (χ3v) is 7.08. The molecule has 27 heavy (non-hydrogen) atoms. The first-order chi connectivity index (χ1) is 13.1. The normalized spacial score (nSPS) is 18.6. The number of amides is 1. The van der Waals surface area contributed by atoms with Crippen LogP contribution in [0.4, 0.5) is 5.69 Å². The SMILES string of the molecule is CCN1c2ccccc2C(c2ccccc2)=C(C(=O)N2CCCC2)S1(=O)=O. The fourth-order valence-electron chi connectivity index (χ4n) is 3.91. The lowest BCUT2D eigenvalue weighted by atomic mass is 9.95. The van der Waals surface area contributed by atoms with E-state index in [1.165, 1.54) is 4.31 Å². The smallest absolute Gasteiger partial charge is 0.270 e. The van der Waals surface area contributed by atoms with Crippen LogP contribution in [-0.2, 0) is 14.8 Å². The van der Waals surface area contributed by atoms with Crippen LogP contribution in [0, 0.1) is 0 Å². The molecular formula is C21H22N2O3S. The maximum atomic E-state index is 13.5. The fourth-order valence-corrected chi connectivity index (χ4v) is 5.72. The lowest BCUT2D eigenvalue weighted by Crippen LogP contribution is -2.42. The monoisotopic (exact) mass is 382 g/mol. The summed E-state index contributed by atoms with van der Waals surface area (Å²) in [6.07, 6.45) is 1.82. The zero-order valence-electron chi connectivity index (χ0n) is 15.3. The second-order valence-corrected chi connectivity index (χ2v) is 8.56. The van der Waals surface area contributed by atoms with Crippen LogP contribution in [0.25, 0.3) is 5.57 Å². The number of carbonyl (C=O) groups excluding carboxylic acids is 1. The zero-order chi connectivity index (χ0) is 19.0. The average Bonchev–Trinajstić information content (AvgIpc) is 3.21. The topological polar surface area (TPSA) is 57.7 Å². The highest BCUT2D eigenvalue weighted by molar-refractivity contribution is 7.97. The first-order valence-electron chi connectivity index (χ1n) is 9.27. The highest BCUT2D eigenvalue weighted by Gasteiger charge is 2.42. The summed E-state index contributed by atoms with van der Waals surface area (Å²) in [5.74, 6) is -0.390. The van der Waals surface area contributed by atoms with Crippen molar-refractivity contribution >= 4 is 27.2 Å². The van der Waals surface area contributed by atoms with E-state index in [9.17, 15) is 13.2 Å². The molecule has 0 atom stereocenters. The van der Waals surface area contributed by atoms with Crippen molar-refractivity contribution in [1.82, 2.24) is 4.90 Å². The maximum absolute atomic E-state index is 13.5. The summed E-state index contributed by atoms with van der Waals surface area (Å²) in [6, 6.07) is 16.7. The molecule has 2 aromatic rings. The molecule has 0 aliphatic carbocycles. The molecule has 6 heteroatoms. The van der Waals surface area contributed by atoms with Gasteiger partial charge in [-0.1, -0.05) is 48.5 Å². The molecule has 0 N–H and O–H groups in total. The number of benzene rings is 2. The van der Waals surface area contributed by atoms with E-state index >= 15 is 0 Å². The summed E-state index contributed by atoms with van der Waals surface area (Å²) >= 11 is 0. The Bertz CT molecular complexity index is 1010. The van der Waals surface area contributed by atoms with E-state index in [4.69, 9.17) is 0 Å². The van der Waals surface area contributed by atoms with Crippen molar-refractivity contribution < 1.29 is 13.2 Å². The third-order valence-electron chi connectivity index (χ3n) is 5.15. The summed E-state index contributed by atoms with van der Waals surface area (Å²) in [4.78, 5) is 14.9. The van der Waals surface area contributed by atoms with Gasteiger partial charge < -0.3 is 4.90 Å². The van der Waals surface area contributed by atoms with Crippen molar-refractivity contribution in [3.8, 4) is 0 Å². The Balaban J connectivity index is 2.05. The minimum atomic E-state index is -3.94. The molecule has 0 unspecified atom stereocenters. The number of hydrogen-bond acceptors (Lipinski definition) is 3. The summed E-state index contributed by atoms with van der Waals surface area (Å²) in [7, 11) is -3.94. The van der Waals surface area contributed by atoms with E-state index in [1.54, 1.807) is 17.9 Å². The van der Waals surface area contributed by atoms with Crippen LogP contribution >= 0.6 is 0 Å². The molecule has 0 bridgehead atoms. The van der Waals surface area contributed by atoms with Crippen molar-refractivity contribution in [2.45, 2.75) is 19.8 Å². The highest BCUT2D eigenvalue weighted by atomic mass is 32.2. The molecule has 0 radical (unpaired) electrons. The summed E-state index contributed by atoms with van der Waals surface area (Å²) < 4.78 is 28.4. The van der Waals surface area contributed by atoms with Gasteiger partial charge in [0.2, 0.25) is 0 Å². The van der Waals surface area contributed by atoms with Gasteiger partial charge in [-0.15, -0.1) is 0 Å². The van der Waals surface area contributed by atoms with Gasteiger partial charge in [-0.05, 0) is 31.4 Å². The van der Waals surface area contributed by atoms with Crippen LogP contribution in [0.1, 0.15) is 30.9 Å². The highest BCUT2D eigenvalue weighted by Crippen LogP contribution is 2.43. The van der Waals surface area contributed by atoms with E-state index in [-0.39, 0.29) is 17.4 Å². The molecule has 4 rings (SSSR count). The maximum Gasteiger partial charge on any atom is 0.270 e. The number of fused-ring (bicyclic) bond motifs is 1. The van der Waals surface area contributed by atoms with E-state index < -0.39 is 10.0 Å². The molecule has 0 saturated carbocycles. The lowest BCUT2D eigenvalue weighted by molar-refractivity contribution is -0.125. The van der Waals surface area contributed by atoms with E-state index in [1.807, 2.05) is 48.5 Å². The van der Waals surface area contributed by atoms with E-state index in [0.29, 0.717) is 24.4 Å². The predicted octanol–water partition coefficient (Wildman–Crippen LogP) is 3.24. The number of nitrogens with zero attached hydrogens (tertiary/aromatic N) is 2. The Hall–Kier alpha value is -2.60. The summed E-state index contributed by atoms with van der Waals surface area (Å²) in [5.41, 5.74) is 2.65. The van der Waals surface area contributed by atoms with Gasteiger partial charge in [-0.3, -0.25) is 9.10 Å². The standard InChI is InChI=1S/C21H22N2O3S/c1-2-23-18-13-7-6-12-17(18)19(16-10-4-3-5-11-16)20(27(23,25)26)21(24)22-14-8-9-15-22/h3-7,10-13H,2,8-9,14-15H2,1H3. The summed E-state index contributed by atoms with van der Waals surface area (Å²) in [5, 5.41) is 0. The fraction of sp³-hybridized carbons (Fsp3) is 0.286. The van der Waals surface area contributed by atoms with Crippen LogP contribution in [0.3, 0.4) is 0 Å². The van der Waals surface area contributed by atoms with Crippen molar-refractivity contribution in [1.29, 1.82) is 0 Å². The third kappa shape index (κ3) is 2.84. The van der Waals surface area contributed by atoms with Crippen LogP contribution in [-0.4, -0.2) is 38.9 Å². The first kappa shape index (κ1) is 17.8. The van der Waals surface area contributed by atoms with Gasteiger partial charge in [0.1, 0.15) is 0 Å². The number of rotatable bonds is 3. The van der Waals surface area contributed by atoms with Crippen LogP contribution in [0.5, 0.6) is 0 Å². The van der Waals surface area contributed by atoms with E-state index in [0.717, 1.165) is 24.0 Å². The average molecular weight is 382 g/mol. The molecule has 0 spiro atoms. The molecule has 1 fully saturated rings. The Labute approximate surface area is 160 Å². The number of carbonyl (C=O) groups is 1. The van der Waals surface area contributed by atoms with Crippen molar-refractivity contribution in [3.63, 3.8) is 0 Å². The number of hydrogen-bond donors (Lipinski definition) is 0. The Morgan fingerprint density at radius 1 is 0.963 bits per heavy atom. The molecule has 5 nitrogen and oxygen atoms in total. The molecule has 2 heterocycles. The van der Waals surface area contributed by atoms with Crippen molar-refractivity contribution in [3.05, 3.63) is 70.6 Å². The number of anilines is 1. The van der Waals surface area contributed by atoms with Crippen LogP contribution < -0.4 is 4.31 Å². The molecule has 2 aromatic carbocycles. The van der Waals surface area contributed by atoms with Crippen molar-refractivity contribution in [2.75, 3.05) is 23.9 Å². The Kier molecular flexibility index (Phi) is 4.52. The van der Waals surface area contributed by atoms with E-state index in [2.05, 4.69) is 0 Å². The number of sulfonamides is 1. The van der Waals surface area contributed by atoms with Gasteiger partial charge >= 0.3 is 0 Å². The molecule has 0 aromatic heterocycles. The Morgan fingerprint density at radius 2 is 1.59 bits per heavy atom. The molecule has 140 valence electrons. The van der Waals surface area contributed by atoms with Gasteiger partial charge in [0, 0.05) is 30.8 Å².